The predicted molar refractivity (Wildman–Crippen MR) is 97.6 cm³/mol. The third-order valence-electron chi connectivity index (χ3n) is 4.50. The number of nitrogens with one attached hydrogen (secondary N) is 1. The van der Waals surface area contributed by atoms with E-state index in [1.165, 1.54) is 18.2 Å². The van der Waals surface area contributed by atoms with E-state index in [4.69, 9.17) is 0 Å². The SMILES string of the molecule is CNc1ccc(N2CCN(C)CC2)cc1S(=O)(=O)c1cccc(F)c1. The molecular weight excluding hydrogens is 341 g/mol. The zero-order valence-corrected chi connectivity index (χ0v) is 15.2. The summed E-state index contributed by atoms with van der Waals surface area (Å²) in [6.45, 7) is 3.54. The second kappa shape index (κ2) is 7.01. The van der Waals surface area contributed by atoms with E-state index in [0.717, 1.165) is 37.9 Å². The second-order valence-electron chi connectivity index (χ2n) is 6.18. The van der Waals surface area contributed by atoms with Crippen molar-refractivity contribution in [2.45, 2.75) is 9.79 Å². The molecule has 0 spiro atoms. The maximum Gasteiger partial charge on any atom is 0.208 e. The largest absolute Gasteiger partial charge is 0.387 e. The van der Waals surface area contributed by atoms with Crippen molar-refractivity contribution < 1.29 is 12.8 Å². The molecule has 1 aliphatic heterocycles. The Bertz CT molecular complexity index is 862. The molecular formula is C18H22FN3O2S. The van der Waals surface area contributed by atoms with E-state index in [9.17, 15) is 12.8 Å². The van der Waals surface area contributed by atoms with Gasteiger partial charge in [-0.05, 0) is 43.4 Å². The summed E-state index contributed by atoms with van der Waals surface area (Å²) in [5.41, 5.74) is 1.37. The third-order valence-corrected chi connectivity index (χ3v) is 6.29. The first kappa shape index (κ1) is 17.7. The highest BCUT2D eigenvalue weighted by molar-refractivity contribution is 7.91. The minimum absolute atomic E-state index is 0.0421. The fraction of sp³-hybridized carbons (Fsp3) is 0.333. The Morgan fingerprint density at radius 2 is 1.76 bits per heavy atom. The first-order valence-electron chi connectivity index (χ1n) is 8.18. The number of halogens is 1. The van der Waals surface area contributed by atoms with E-state index < -0.39 is 15.7 Å². The summed E-state index contributed by atoms with van der Waals surface area (Å²) in [7, 11) is -0.0690. The van der Waals surface area contributed by atoms with Crippen LogP contribution in [0.2, 0.25) is 0 Å². The Balaban J connectivity index is 2.03. The molecule has 0 aliphatic carbocycles. The van der Waals surface area contributed by atoms with E-state index in [1.807, 2.05) is 6.07 Å². The van der Waals surface area contributed by atoms with Crippen LogP contribution in [0.25, 0.3) is 0 Å². The second-order valence-corrected chi connectivity index (χ2v) is 8.10. The number of hydrogen-bond donors (Lipinski definition) is 1. The number of nitrogens with zero attached hydrogens (tertiary/aromatic N) is 2. The monoisotopic (exact) mass is 363 g/mol. The van der Waals surface area contributed by atoms with Crippen LogP contribution in [0.5, 0.6) is 0 Å². The van der Waals surface area contributed by atoms with Gasteiger partial charge in [0, 0.05) is 38.9 Å². The fourth-order valence-electron chi connectivity index (χ4n) is 2.96. The number of benzene rings is 2. The normalized spacial score (nSPS) is 16.0. The molecule has 1 aliphatic rings. The lowest BCUT2D eigenvalue weighted by atomic mass is 10.2. The van der Waals surface area contributed by atoms with Crippen molar-refractivity contribution in [3.63, 3.8) is 0 Å². The Labute approximate surface area is 148 Å². The zero-order valence-electron chi connectivity index (χ0n) is 14.4. The summed E-state index contributed by atoms with van der Waals surface area (Å²) < 4.78 is 39.5. The molecule has 134 valence electrons. The first-order valence-corrected chi connectivity index (χ1v) is 9.66. The van der Waals surface area contributed by atoms with Crippen molar-refractivity contribution in [1.82, 2.24) is 4.90 Å². The van der Waals surface area contributed by atoms with Gasteiger partial charge in [0.15, 0.2) is 0 Å². The van der Waals surface area contributed by atoms with Crippen LogP contribution in [0.4, 0.5) is 15.8 Å². The summed E-state index contributed by atoms with van der Waals surface area (Å²) in [5.74, 6) is -0.567. The number of hydrogen-bond acceptors (Lipinski definition) is 5. The van der Waals surface area contributed by atoms with Gasteiger partial charge in [0.2, 0.25) is 9.84 Å². The summed E-state index contributed by atoms with van der Waals surface area (Å²) in [4.78, 5) is 4.53. The number of sulfone groups is 1. The molecule has 0 radical (unpaired) electrons. The molecule has 1 fully saturated rings. The van der Waals surface area contributed by atoms with Crippen LogP contribution in [0.1, 0.15) is 0 Å². The fourth-order valence-corrected chi connectivity index (χ4v) is 4.48. The van der Waals surface area contributed by atoms with E-state index in [1.54, 1.807) is 19.2 Å². The molecule has 7 heteroatoms. The maximum absolute atomic E-state index is 13.5. The predicted octanol–water partition coefficient (Wildman–Crippen LogP) is 2.45. The Morgan fingerprint density at radius 3 is 2.40 bits per heavy atom. The molecule has 0 saturated carbocycles. The Kier molecular flexibility index (Phi) is 4.96. The van der Waals surface area contributed by atoms with E-state index in [2.05, 4.69) is 22.2 Å². The lowest BCUT2D eigenvalue weighted by Gasteiger charge is -2.34. The van der Waals surface area contributed by atoms with Crippen LogP contribution in [0.3, 0.4) is 0 Å². The topological polar surface area (TPSA) is 52.6 Å². The summed E-state index contributed by atoms with van der Waals surface area (Å²) in [6, 6.07) is 10.5. The van der Waals surface area contributed by atoms with Crippen LogP contribution in [0, 0.1) is 5.82 Å². The van der Waals surface area contributed by atoms with Crippen molar-refractivity contribution in [2.24, 2.45) is 0 Å². The average Bonchev–Trinajstić information content (AvgIpc) is 2.62. The van der Waals surface area contributed by atoms with Gasteiger partial charge in [-0.15, -0.1) is 0 Å². The zero-order chi connectivity index (χ0) is 18.0. The van der Waals surface area contributed by atoms with Gasteiger partial charge in [0.1, 0.15) is 5.82 Å². The Hall–Kier alpha value is -2.12. The molecule has 1 heterocycles. The quantitative estimate of drug-likeness (QED) is 0.904. The van der Waals surface area contributed by atoms with Crippen LogP contribution in [-0.4, -0.2) is 53.6 Å². The van der Waals surface area contributed by atoms with Crippen molar-refractivity contribution in [3.05, 3.63) is 48.3 Å². The van der Waals surface area contributed by atoms with Gasteiger partial charge < -0.3 is 15.1 Å². The first-order chi connectivity index (χ1) is 11.9. The highest BCUT2D eigenvalue weighted by Crippen LogP contribution is 2.32. The van der Waals surface area contributed by atoms with Gasteiger partial charge in [-0.3, -0.25) is 0 Å². The molecule has 1 N–H and O–H groups in total. The molecule has 0 atom stereocenters. The van der Waals surface area contributed by atoms with Gasteiger partial charge in [-0.1, -0.05) is 6.07 Å². The minimum Gasteiger partial charge on any atom is -0.387 e. The van der Waals surface area contributed by atoms with Crippen LogP contribution >= 0.6 is 0 Å². The number of rotatable bonds is 4. The van der Waals surface area contributed by atoms with Crippen LogP contribution < -0.4 is 10.2 Å². The number of anilines is 2. The van der Waals surface area contributed by atoms with Gasteiger partial charge >= 0.3 is 0 Å². The van der Waals surface area contributed by atoms with Crippen molar-refractivity contribution in [2.75, 3.05) is 50.5 Å². The molecule has 0 unspecified atom stereocenters. The molecule has 5 nitrogen and oxygen atoms in total. The maximum atomic E-state index is 13.5. The van der Waals surface area contributed by atoms with Crippen molar-refractivity contribution in [3.8, 4) is 0 Å². The standard InChI is InChI=1S/C18H22FN3O2S/c1-20-17-7-6-15(22-10-8-21(2)9-11-22)13-18(17)25(23,24)16-5-3-4-14(19)12-16/h3-7,12-13,20H,8-11H2,1-2H3. The third kappa shape index (κ3) is 3.62. The lowest BCUT2D eigenvalue weighted by Crippen LogP contribution is -2.44. The van der Waals surface area contributed by atoms with Crippen molar-refractivity contribution >= 4 is 21.2 Å². The molecule has 1 saturated heterocycles. The van der Waals surface area contributed by atoms with Gasteiger partial charge in [0.25, 0.3) is 0 Å². The van der Waals surface area contributed by atoms with Crippen molar-refractivity contribution in [1.29, 1.82) is 0 Å². The van der Waals surface area contributed by atoms with Crippen LogP contribution in [0.15, 0.2) is 52.3 Å². The molecule has 0 amide bonds. The number of piperazine rings is 1. The lowest BCUT2D eigenvalue weighted by molar-refractivity contribution is 0.313. The summed E-state index contributed by atoms with van der Waals surface area (Å²) >= 11 is 0. The smallest absolute Gasteiger partial charge is 0.208 e. The number of likely N-dealkylation sites (N-methyl/N-ethyl adjacent to an activating group) is 1. The molecule has 0 bridgehead atoms. The average molecular weight is 363 g/mol. The molecule has 2 aromatic carbocycles. The highest BCUT2D eigenvalue weighted by atomic mass is 32.2. The molecule has 3 rings (SSSR count). The van der Waals surface area contributed by atoms with Crippen LogP contribution in [-0.2, 0) is 9.84 Å². The summed E-state index contributed by atoms with van der Waals surface area (Å²) in [6.07, 6.45) is 0. The van der Waals surface area contributed by atoms with E-state index in [0.29, 0.717) is 5.69 Å². The van der Waals surface area contributed by atoms with Gasteiger partial charge in [-0.25, -0.2) is 12.8 Å². The van der Waals surface area contributed by atoms with E-state index in [-0.39, 0.29) is 9.79 Å². The molecule has 25 heavy (non-hydrogen) atoms. The highest BCUT2D eigenvalue weighted by Gasteiger charge is 2.24. The molecule has 2 aromatic rings. The minimum atomic E-state index is -3.82. The molecule has 0 aromatic heterocycles. The van der Waals surface area contributed by atoms with E-state index >= 15 is 0 Å². The van der Waals surface area contributed by atoms with Gasteiger partial charge in [-0.2, -0.15) is 0 Å². The van der Waals surface area contributed by atoms with Gasteiger partial charge in [0.05, 0.1) is 15.5 Å². The summed E-state index contributed by atoms with van der Waals surface area (Å²) in [5, 5.41) is 2.92. The Morgan fingerprint density at radius 1 is 1.04 bits per heavy atom.